The average Bonchev–Trinajstić information content (AvgIpc) is 3.20. The van der Waals surface area contributed by atoms with E-state index in [1.54, 1.807) is 50.2 Å². The highest BCUT2D eigenvalue weighted by atomic mass is 16.5. The number of anilines is 2. The van der Waals surface area contributed by atoms with Crippen LogP contribution in [0.25, 0.3) is 0 Å². The van der Waals surface area contributed by atoms with Gasteiger partial charge in [-0.3, -0.25) is 14.4 Å². The largest absolute Gasteiger partial charge is 0.494 e. The van der Waals surface area contributed by atoms with Gasteiger partial charge >= 0.3 is 11.9 Å². The Balaban J connectivity index is 1.47. The summed E-state index contributed by atoms with van der Waals surface area (Å²) in [5.74, 6) is -1.73. The Morgan fingerprint density at radius 2 is 1.74 bits per heavy atom. The third-order valence-electron chi connectivity index (χ3n) is 5.01. The third kappa shape index (κ3) is 6.57. The number of esters is 2. The molecule has 1 saturated heterocycles. The van der Waals surface area contributed by atoms with Crippen LogP contribution in [0.5, 0.6) is 5.75 Å². The molecule has 2 aromatic rings. The molecule has 1 aliphatic rings. The van der Waals surface area contributed by atoms with E-state index >= 15 is 0 Å². The van der Waals surface area contributed by atoms with Crippen molar-refractivity contribution in [2.45, 2.75) is 33.3 Å². The van der Waals surface area contributed by atoms with Crippen LogP contribution in [-0.2, 0) is 23.9 Å². The van der Waals surface area contributed by atoms with Crippen molar-refractivity contribution in [1.82, 2.24) is 0 Å². The molecule has 180 valence electrons. The number of nitrogens with zero attached hydrogens (tertiary/aromatic N) is 1. The zero-order chi connectivity index (χ0) is 24.7. The number of hydrogen-bond acceptors (Lipinski definition) is 7. The number of rotatable bonds is 9. The summed E-state index contributed by atoms with van der Waals surface area (Å²) in [5, 5.41) is 2.60. The lowest BCUT2D eigenvalue weighted by Crippen LogP contribution is -2.28. The Bertz CT molecular complexity index is 1030. The van der Waals surface area contributed by atoms with Gasteiger partial charge in [0.15, 0.2) is 6.61 Å². The van der Waals surface area contributed by atoms with Crippen LogP contribution in [0.3, 0.4) is 0 Å². The molecule has 1 fully saturated rings. The molecule has 9 nitrogen and oxygen atoms in total. The first-order chi connectivity index (χ1) is 16.3. The number of ether oxygens (including phenoxy) is 3. The summed E-state index contributed by atoms with van der Waals surface area (Å²) in [4.78, 5) is 50.4. The van der Waals surface area contributed by atoms with Crippen LogP contribution in [0.4, 0.5) is 11.4 Å². The van der Waals surface area contributed by atoms with Crippen molar-refractivity contribution in [3.05, 3.63) is 54.1 Å². The lowest BCUT2D eigenvalue weighted by molar-refractivity contribution is -0.151. The number of amides is 2. The second kappa shape index (κ2) is 11.3. The summed E-state index contributed by atoms with van der Waals surface area (Å²) in [5.41, 5.74) is 1.48. The van der Waals surface area contributed by atoms with E-state index in [4.69, 9.17) is 14.2 Å². The molecule has 0 spiro atoms. The van der Waals surface area contributed by atoms with Crippen molar-refractivity contribution in [3.8, 4) is 5.75 Å². The molecule has 1 heterocycles. The van der Waals surface area contributed by atoms with Crippen LogP contribution in [0.15, 0.2) is 48.5 Å². The van der Waals surface area contributed by atoms with E-state index in [0.29, 0.717) is 29.3 Å². The van der Waals surface area contributed by atoms with E-state index in [9.17, 15) is 19.2 Å². The van der Waals surface area contributed by atoms with E-state index in [-0.39, 0.29) is 25.0 Å². The van der Waals surface area contributed by atoms with Gasteiger partial charge in [0.25, 0.3) is 5.91 Å². The fraction of sp³-hybridized carbons (Fsp3) is 0.360. The average molecular weight is 469 g/mol. The molecule has 1 aliphatic heterocycles. The summed E-state index contributed by atoms with van der Waals surface area (Å²) < 4.78 is 15.6. The maximum absolute atomic E-state index is 12.4. The van der Waals surface area contributed by atoms with Crippen LogP contribution in [0.1, 0.15) is 37.6 Å². The molecular weight excluding hydrogens is 440 g/mol. The maximum atomic E-state index is 12.4. The highest BCUT2D eigenvalue weighted by molar-refractivity contribution is 6.00. The Kier molecular flexibility index (Phi) is 8.24. The van der Waals surface area contributed by atoms with Gasteiger partial charge < -0.3 is 24.4 Å². The van der Waals surface area contributed by atoms with Crippen LogP contribution >= 0.6 is 0 Å². The second-order valence-corrected chi connectivity index (χ2v) is 8.02. The SMILES string of the molecule is CCOc1ccc(N2CC(C(=O)OCC(=O)Nc3ccc(C(=O)OC(C)C)cc3)CC2=O)cc1. The van der Waals surface area contributed by atoms with Crippen LogP contribution in [0.2, 0.25) is 0 Å². The van der Waals surface area contributed by atoms with Gasteiger partial charge in [0, 0.05) is 24.3 Å². The molecule has 0 radical (unpaired) electrons. The molecular formula is C25H28N2O7. The first-order valence-corrected chi connectivity index (χ1v) is 11.1. The van der Waals surface area contributed by atoms with Crippen LogP contribution in [-0.4, -0.2) is 49.6 Å². The number of carbonyl (C=O) groups is 4. The smallest absolute Gasteiger partial charge is 0.338 e. The van der Waals surface area contributed by atoms with Crippen LogP contribution in [0, 0.1) is 5.92 Å². The lowest BCUT2D eigenvalue weighted by Gasteiger charge is -2.17. The number of hydrogen-bond donors (Lipinski definition) is 1. The predicted octanol–water partition coefficient (Wildman–Crippen LogP) is 3.19. The topological polar surface area (TPSA) is 111 Å². The van der Waals surface area contributed by atoms with Gasteiger partial charge in [0.05, 0.1) is 24.2 Å². The molecule has 1 unspecified atom stereocenters. The maximum Gasteiger partial charge on any atom is 0.338 e. The highest BCUT2D eigenvalue weighted by Crippen LogP contribution is 2.27. The molecule has 0 saturated carbocycles. The summed E-state index contributed by atoms with van der Waals surface area (Å²) in [6.45, 7) is 5.64. The van der Waals surface area contributed by atoms with Gasteiger partial charge in [0.1, 0.15) is 5.75 Å². The second-order valence-electron chi connectivity index (χ2n) is 8.02. The monoisotopic (exact) mass is 468 g/mol. The lowest BCUT2D eigenvalue weighted by atomic mass is 10.1. The molecule has 3 rings (SSSR count). The molecule has 2 aromatic carbocycles. The van der Waals surface area contributed by atoms with Crippen molar-refractivity contribution in [2.24, 2.45) is 5.92 Å². The minimum Gasteiger partial charge on any atom is -0.494 e. The number of carbonyl (C=O) groups excluding carboxylic acids is 4. The van der Waals surface area contributed by atoms with Crippen molar-refractivity contribution >= 4 is 35.1 Å². The van der Waals surface area contributed by atoms with E-state index in [1.165, 1.54) is 17.0 Å². The van der Waals surface area contributed by atoms with Crippen molar-refractivity contribution in [3.63, 3.8) is 0 Å². The predicted molar refractivity (Wildman–Crippen MR) is 125 cm³/mol. The van der Waals surface area contributed by atoms with Gasteiger partial charge in [0.2, 0.25) is 5.91 Å². The molecule has 1 atom stereocenters. The first kappa shape index (κ1) is 24.8. The quantitative estimate of drug-likeness (QED) is 0.563. The van der Waals surface area contributed by atoms with Crippen molar-refractivity contribution in [2.75, 3.05) is 30.0 Å². The fourth-order valence-electron chi connectivity index (χ4n) is 3.43. The standard InChI is InChI=1S/C25H28N2O7/c1-4-32-21-11-9-20(10-12-21)27-14-18(13-23(27)29)24(30)33-15-22(28)26-19-7-5-17(6-8-19)25(31)34-16(2)3/h5-12,16,18H,4,13-15H2,1-3H3,(H,26,28). The summed E-state index contributed by atoms with van der Waals surface area (Å²) in [7, 11) is 0. The van der Waals surface area contributed by atoms with Crippen molar-refractivity contribution in [1.29, 1.82) is 0 Å². The van der Waals surface area contributed by atoms with E-state index in [1.807, 2.05) is 6.92 Å². The Labute approximate surface area is 198 Å². The van der Waals surface area contributed by atoms with E-state index in [2.05, 4.69) is 5.32 Å². The Morgan fingerprint density at radius 1 is 1.06 bits per heavy atom. The number of nitrogens with one attached hydrogen (secondary N) is 1. The Hall–Kier alpha value is -3.88. The minimum absolute atomic E-state index is 0.0155. The fourth-order valence-corrected chi connectivity index (χ4v) is 3.43. The molecule has 9 heteroatoms. The molecule has 2 amide bonds. The van der Waals surface area contributed by atoms with E-state index in [0.717, 1.165) is 0 Å². The molecule has 0 aliphatic carbocycles. The van der Waals surface area contributed by atoms with E-state index < -0.39 is 30.4 Å². The summed E-state index contributed by atoms with van der Waals surface area (Å²) >= 11 is 0. The normalized spacial score (nSPS) is 15.2. The molecule has 0 bridgehead atoms. The van der Waals surface area contributed by atoms with Crippen LogP contribution < -0.4 is 15.0 Å². The minimum atomic E-state index is -0.655. The first-order valence-electron chi connectivity index (χ1n) is 11.1. The van der Waals surface area contributed by atoms with Gasteiger partial charge in [-0.2, -0.15) is 0 Å². The zero-order valence-electron chi connectivity index (χ0n) is 19.4. The summed E-state index contributed by atoms with van der Waals surface area (Å²) in [6.07, 6.45) is -0.216. The number of benzene rings is 2. The Morgan fingerprint density at radius 3 is 2.35 bits per heavy atom. The molecule has 1 N–H and O–H groups in total. The third-order valence-corrected chi connectivity index (χ3v) is 5.01. The summed E-state index contributed by atoms with van der Waals surface area (Å²) in [6, 6.07) is 13.2. The van der Waals surface area contributed by atoms with Gasteiger partial charge in [-0.05, 0) is 69.3 Å². The highest BCUT2D eigenvalue weighted by Gasteiger charge is 2.36. The zero-order valence-corrected chi connectivity index (χ0v) is 19.4. The van der Waals surface area contributed by atoms with Gasteiger partial charge in [-0.15, -0.1) is 0 Å². The van der Waals surface area contributed by atoms with Crippen molar-refractivity contribution < 1.29 is 33.4 Å². The molecule has 34 heavy (non-hydrogen) atoms. The van der Waals surface area contributed by atoms with Gasteiger partial charge in [-0.25, -0.2) is 4.79 Å². The molecule has 0 aromatic heterocycles. The van der Waals surface area contributed by atoms with Gasteiger partial charge in [-0.1, -0.05) is 0 Å².